The Balaban J connectivity index is 2.21. The number of aromatic nitrogens is 1. The van der Waals surface area contributed by atoms with E-state index < -0.39 is 0 Å². The zero-order valence-corrected chi connectivity index (χ0v) is 12.6. The highest BCUT2D eigenvalue weighted by Crippen LogP contribution is 2.29. The van der Waals surface area contributed by atoms with Crippen LogP contribution < -0.4 is 5.73 Å². The molecule has 3 nitrogen and oxygen atoms in total. The first-order chi connectivity index (χ1) is 9.17. The molecule has 0 unspecified atom stereocenters. The van der Waals surface area contributed by atoms with E-state index in [2.05, 4.69) is 40.6 Å². The van der Waals surface area contributed by atoms with E-state index in [0.717, 1.165) is 37.9 Å². The average Bonchev–Trinajstić information content (AvgIpc) is 2.81. The molecule has 0 amide bonds. The number of fused-ring (bicyclic) bond motifs is 1. The third kappa shape index (κ3) is 2.32. The van der Waals surface area contributed by atoms with E-state index in [-0.39, 0.29) is 0 Å². The molecular weight excluding hydrogens is 351 g/mol. The van der Waals surface area contributed by atoms with Gasteiger partial charge in [-0.05, 0) is 64.9 Å². The Morgan fingerprint density at radius 3 is 2.84 bits per heavy atom. The number of anilines is 1. The second-order valence-electron chi connectivity index (χ2n) is 4.41. The molecular formula is C15H13IN2O. The summed E-state index contributed by atoms with van der Waals surface area (Å²) in [6, 6.07) is 11.9. The van der Waals surface area contributed by atoms with Gasteiger partial charge in [0.2, 0.25) is 5.89 Å². The molecule has 0 radical (unpaired) electrons. The Kier molecular flexibility index (Phi) is 3.18. The van der Waals surface area contributed by atoms with Gasteiger partial charge in [0.05, 0.1) is 0 Å². The maximum atomic E-state index is 5.92. The maximum absolute atomic E-state index is 5.92. The van der Waals surface area contributed by atoms with Gasteiger partial charge in [-0.15, -0.1) is 0 Å². The van der Waals surface area contributed by atoms with Crippen molar-refractivity contribution >= 4 is 39.4 Å². The number of rotatable bonds is 2. The van der Waals surface area contributed by atoms with E-state index in [0.29, 0.717) is 5.89 Å². The van der Waals surface area contributed by atoms with Crippen molar-refractivity contribution in [3.8, 4) is 11.5 Å². The number of benzene rings is 2. The third-order valence-corrected chi connectivity index (χ3v) is 3.71. The molecule has 1 heterocycles. The molecule has 1 aromatic heterocycles. The SMILES string of the molecule is CCc1cc(N)cc2nc(-c3cccc(I)c3)oc12. The standard InChI is InChI=1S/C15H13IN2O/c1-2-9-7-12(17)8-13-14(9)19-15(18-13)10-4-3-5-11(16)6-10/h3-8H,2,17H2,1H3. The highest BCUT2D eigenvalue weighted by Gasteiger charge is 2.12. The van der Waals surface area contributed by atoms with E-state index in [1.54, 1.807) is 0 Å². The van der Waals surface area contributed by atoms with Crippen LogP contribution in [0.1, 0.15) is 12.5 Å². The molecule has 0 atom stereocenters. The lowest BCUT2D eigenvalue weighted by atomic mass is 10.1. The number of halogens is 1. The van der Waals surface area contributed by atoms with Crippen molar-refractivity contribution in [2.75, 3.05) is 5.73 Å². The number of nitrogen functional groups attached to an aromatic ring is 1. The van der Waals surface area contributed by atoms with Gasteiger partial charge >= 0.3 is 0 Å². The molecule has 0 saturated heterocycles. The summed E-state index contributed by atoms with van der Waals surface area (Å²) >= 11 is 2.28. The average molecular weight is 364 g/mol. The monoisotopic (exact) mass is 364 g/mol. The zero-order chi connectivity index (χ0) is 13.4. The Morgan fingerprint density at radius 2 is 2.11 bits per heavy atom. The minimum Gasteiger partial charge on any atom is -0.436 e. The van der Waals surface area contributed by atoms with Gasteiger partial charge in [-0.2, -0.15) is 0 Å². The second kappa shape index (κ2) is 4.85. The van der Waals surface area contributed by atoms with E-state index in [1.165, 1.54) is 0 Å². The fourth-order valence-electron chi connectivity index (χ4n) is 2.13. The Bertz CT molecular complexity index is 749. The Labute approximate surface area is 125 Å². The van der Waals surface area contributed by atoms with Gasteiger partial charge in [0.1, 0.15) is 5.52 Å². The van der Waals surface area contributed by atoms with Gasteiger partial charge < -0.3 is 10.2 Å². The summed E-state index contributed by atoms with van der Waals surface area (Å²) in [6.07, 6.45) is 0.877. The number of hydrogen-bond donors (Lipinski definition) is 1. The summed E-state index contributed by atoms with van der Waals surface area (Å²) in [5.41, 5.74) is 10.4. The molecule has 2 N–H and O–H groups in total. The second-order valence-corrected chi connectivity index (χ2v) is 5.66. The predicted molar refractivity (Wildman–Crippen MR) is 86.0 cm³/mol. The molecule has 3 aromatic rings. The lowest BCUT2D eigenvalue weighted by Crippen LogP contribution is -1.88. The number of nitrogens with two attached hydrogens (primary N) is 1. The highest BCUT2D eigenvalue weighted by atomic mass is 127. The molecule has 0 aliphatic heterocycles. The minimum atomic E-state index is 0.647. The molecule has 2 aromatic carbocycles. The molecule has 0 bridgehead atoms. The zero-order valence-electron chi connectivity index (χ0n) is 10.5. The van der Waals surface area contributed by atoms with Crippen LogP contribution in [0.25, 0.3) is 22.6 Å². The van der Waals surface area contributed by atoms with Gasteiger partial charge in [-0.25, -0.2) is 4.98 Å². The fourth-order valence-corrected chi connectivity index (χ4v) is 2.68. The van der Waals surface area contributed by atoms with Gasteiger partial charge in [0, 0.05) is 14.8 Å². The third-order valence-electron chi connectivity index (χ3n) is 3.04. The van der Waals surface area contributed by atoms with Crippen LogP contribution in [0.3, 0.4) is 0 Å². The molecule has 4 heteroatoms. The lowest BCUT2D eigenvalue weighted by molar-refractivity contribution is 0.615. The van der Waals surface area contributed by atoms with E-state index in [1.807, 2.05) is 30.3 Å². The summed E-state index contributed by atoms with van der Waals surface area (Å²) in [7, 11) is 0. The van der Waals surface area contributed by atoms with Crippen molar-refractivity contribution in [2.24, 2.45) is 0 Å². The minimum absolute atomic E-state index is 0.647. The van der Waals surface area contributed by atoms with E-state index >= 15 is 0 Å². The van der Waals surface area contributed by atoms with Gasteiger partial charge in [0.25, 0.3) is 0 Å². The largest absolute Gasteiger partial charge is 0.436 e. The lowest BCUT2D eigenvalue weighted by Gasteiger charge is -1.99. The van der Waals surface area contributed by atoms with Gasteiger partial charge in [-0.1, -0.05) is 13.0 Å². The Morgan fingerprint density at radius 1 is 1.26 bits per heavy atom. The Hall–Kier alpha value is -1.56. The molecule has 0 fully saturated rings. The van der Waals surface area contributed by atoms with Crippen LogP contribution in [0.4, 0.5) is 5.69 Å². The van der Waals surface area contributed by atoms with Crippen molar-refractivity contribution in [3.05, 3.63) is 45.5 Å². The molecule has 96 valence electrons. The summed E-state index contributed by atoms with van der Waals surface area (Å²) in [6.45, 7) is 2.09. The summed E-state index contributed by atoms with van der Waals surface area (Å²) < 4.78 is 7.08. The normalized spacial score (nSPS) is 11.1. The molecule has 0 saturated carbocycles. The van der Waals surface area contributed by atoms with E-state index in [9.17, 15) is 0 Å². The van der Waals surface area contributed by atoms with Crippen molar-refractivity contribution in [2.45, 2.75) is 13.3 Å². The molecule has 0 spiro atoms. The highest BCUT2D eigenvalue weighted by molar-refractivity contribution is 14.1. The van der Waals surface area contributed by atoms with Gasteiger partial charge in [0.15, 0.2) is 5.58 Å². The first kappa shape index (κ1) is 12.5. The molecule has 0 aliphatic rings. The van der Waals surface area contributed by atoms with Crippen LogP contribution in [-0.4, -0.2) is 4.98 Å². The number of hydrogen-bond acceptors (Lipinski definition) is 3. The van der Waals surface area contributed by atoms with E-state index in [4.69, 9.17) is 10.2 Å². The number of oxazole rings is 1. The van der Waals surface area contributed by atoms with Crippen molar-refractivity contribution in [1.29, 1.82) is 0 Å². The van der Waals surface area contributed by atoms with Crippen LogP contribution >= 0.6 is 22.6 Å². The fraction of sp³-hybridized carbons (Fsp3) is 0.133. The smallest absolute Gasteiger partial charge is 0.227 e. The maximum Gasteiger partial charge on any atom is 0.227 e. The topological polar surface area (TPSA) is 52.0 Å². The summed E-state index contributed by atoms with van der Waals surface area (Å²) in [5.74, 6) is 0.647. The van der Waals surface area contributed by atoms with Crippen molar-refractivity contribution < 1.29 is 4.42 Å². The van der Waals surface area contributed by atoms with Crippen LogP contribution in [0, 0.1) is 3.57 Å². The molecule has 19 heavy (non-hydrogen) atoms. The summed E-state index contributed by atoms with van der Waals surface area (Å²) in [4.78, 5) is 4.54. The molecule has 3 rings (SSSR count). The van der Waals surface area contributed by atoms with Gasteiger partial charge in [-0.3, -0.25) is 0 Å². The first-order valence-corrected chi connectivity index (χ1v) is 7.20. The summed E-state index contributed by atoms with van der Waals surface area (Å²) in [5, 5.41) is 0. The quantitative estimate of drug-likeness (QED) is 0.547. The number of aryl methyl sites for hydroxylation is 1. The van der Waals surface area contributed by atoms with Crippen molar-refractivity contribution in [3.63, 3.8) is 0 Å². The van der Waals surface area contributed by atoms with Crippen LogP contribution in [0.2, 0.25) is 0 Å². The van der Waals surface area contributed by atoms with Crippen LogP contribution in [-0.2, 0) is 6.42 Å². The van der Waals surface area contributed by atoms with Crippen LogP contribution in [0.5, 0.6) is 0 Å². The first-order valence-electron chi connectivity index (χ1n) is 6.12. The molecule has 0 aliphatic carbocycles. The van der Waals surface area contributed by atoms with Crippen molar-refractivity contribution in [1.82, 2.24) is 4.98 Å². The predicted octanol–water partition coefficient (Wildman–Crippen LogP) is 4.24. The number of nitrogens with zero attached hydrogens (tertiary/aromatic N) is 1. The van der Waals surface area contributed by atoms with Crippen LogP contribution in [0.15, 0.2) is 40.8 Å².